The monoisotopic (exact) mass is 422 g/mol. The summed E-state index contributed by atoms with van der Waals surface area (Å²) in [5, 5.41) is 20.1. The average molecular weight is 423 g/mol. The Kier molecular flexibility index (Phi) is 5.25. The third-order valence-corrected chi connectivity index (χ3v) is 5.76. The number of phenols is 1. The molecule has 0 saturated heterocycles. The summed E-state index contributed by atoms with van der Waals surface area (Å²) in [7, 11) is 0. The summed E-state index contributed by atoms with van der Waals surface area (Å²) >= 11 is 7.91. The van der Waals surface area contributed by atoms with Gasteiger partial charge in [0.15, 0.2) is 5.75 Å². The van der Waals surface area contributed by atoms with Crippen molar-refractivity contribution < 1.29 is 19.7 Å². The van der Waals surface area contributed by atoms with Gasteiger partial charge < -0.3 is 14.9 Å². The molecular weight excluding hydrogens is 408 g/mol. The van der Waals surface area contributed by atoms with E-state index in [1.807, 2.05) is 30.3 Å². The molecule has 0 saturated carbocycles. The predicted octanol–water partition coefficient (Wildman–Crippen LogP) is 6.82. The molecule has 0 radical (unpaired) electrons. The summed E-state index contributed by atoms with van der Waals surface area (Å²) in [6.45, 7) is 0. The Labute approximate surface area is 175 Å². The van der Waals surface area contributed by atoms with E-state index in [0.29, 0.717) is 16.5 Å². The van der Waals surface area contributed by atoms with Gasteiger partial charge in [-0.05, 0) is 48.0 Å². The SMILES string of the molecule is O=C(O)/C=C/c1ccc(Oc2c(-c3ccccc3Cl)sc3cc(O)ccc23)cc1. The normalized spacial score (nSPS) is 11.2. The van der Waals surface area contributed by atoms with Crippen LogP contribution in [0.4, 0.5) is 0 Å². The first-order valence-corrected chi connectivity index (χ1v) is 9.90. The topological polar surface area (TPSA) is 66.8 Å². The van der Waals surface area contributed by atoms with Gasteiger partial charge in [0.05, 0.1) is 4.88 Å². The molecule has 0 amide bonds. The molecule has 0 aliphatic heterocycles. The molecular formula is C23H15ClO4S. The second kappa shape index (κ2) is 7.99. The van der Waals surface area contributed by atoms with Crippen molar-refractivity contribution in [1.82, 2.24) is 0 Å². The molecule has 0 aliphatic rings. The number of hydrogen-bond donors (Lipinski definition) is 2. The first-order chi connectivity index (χ1) is 14.0. The number of rotatable bonds is 5. The van der Waals surface area contributed by atoms with Gasteiger partial charge in [-0.3, -0.25) is 0 Å². The fourth-order valence-corrected chi connectivity index (χ4v) is 4.41. The maximum Gasteiger partial charge on any atom is 0.328 e. The van der Waals surface area contributed by atoms with Crippen LogP contribution in [0.2, 0.25) is 5.02 Å². The maximum absolute atomic E-state index is 10.7. The Balaban J connectivity index is 1.77. The molecule has 4 nitrogen and oxygen atoms in total. The second-order valence-electron chi connectivity index (χ2n) is 6.26. The molecule has 4 aromatic rings. The first-order valence-electron chi connectivity index (χ1n) is 8.70. The van der Waals surface area contributed by atoms with Crippen LogP contribution in [0.1, 0.15) is 5.56 Å². The van der Waals surface area contributed by atoms with Crippen molar-refractivity contribution >= 4 is 45.1 Å². The minimum atomic E-state index is -0.997. The Morgan fingerprint density at radius 1 is 1.03 bits per heavy atom. The van der Waals surface area contributed by atoms with Crippen LogP contribution < -0.4 is 4.74 Å². The summed E-state index contributed by atoms with van der Waals surface area (Å²) in [6.07, 6.45) is 2.61. The number of benzene rings is 3. The number of fused-ring (bicyclic) bond motifs is 1. The molecule has 2 N–H and O–H groups in total. The van der Waals surface area contributed by atoms with Crippen molar-refractivity contribution in [2.45, 2.75) is 0 Å². The predicted molar refractivity (Wildman–Crippen MR) is 117 cm³/mol. The molecule has 0 atom stereocenters. The van der Waals surface area contributed by atoms with E-state index in [0.717, 1.165) is 32.2 Å². The summed E-state index contributed by atoms with van der Waals surface area (Å²) in [5.74, 6) is 0.457. The zero-order valence-corrected chi connectivity index (χ0v) is 16.6. The first kappa shape index (κ1) is 19.1. The minimum absolute atomic E-state index is 0.186. The molecule has 0 spiro atoms. The molecule has 4 rings (SSSR count). The number of aromatic hydroxyl groups is 1. The zero-order valence-electron chi connectivity index (χ0n) is 15.0. The minimum Gasteiger partial charge on any atom is -0.508 e. The van der Waals surface area contributed by atoms with E-state index in [9.17, 15) is 9.90 Å². The third-order valence-electron chi connectivity index (χ3n) is 4.26. The van der Waals surface area contributed by atoms with Crippen LogP contribution in [0.15, 0.2) is 72.8 Å². The number of halogens is 1. The smallest absolute Gasteiger partial charge is 0.328 e. The van der Waals surface area contributed by atoms with E-state index in [1.165, 1.54) is 17.4 Å². The fraction of sp³-hybridized carbons (Fsp3) is 0. The largest absolute Gasteiger partial charge is 0.508 e. The number of ether oxygens (including phenoxy) is 1. The number of hydrogen-bond acceptors (Lipinski definition) is 4. The standard InChI is InChI=1S/C23H15ClO4S/c24-19-4-2-1-3-17(19)23-22(18-11-8-15(25)13-20(18)29-23)28-16-9-5-14(6-10-16)7-12-21(26)27/h1-13,25H,(H,26,27)/b12-7+. The molecule has 0 unspecified atom stereocenters. The number of carboxylic acids is 1. The highest BCUT2D eigenvalue weighted by Gasteiger charge is 2.18. The van der Waals surface area contributed by atoms with Gasteiger partial charge in [0.2, 0.25) is 0 Å². The van der Waals surface area contributed by atoms with Crippen LogP contribution in [0.3, 0.4) is 0 Å². The third kappa shape index (κ3) is 4.11. The van der Waals surface area contributed by atoms with E-state index in [1.54, 1.807) is 36.4 Å². The highest BCUT2D eigenvalue weighted by atomic mass is 35.5. The lowest BCUT2D eigenvalue weighted by Crippen LogP contribution is -1.87. The van der Waals surface area contributed by atoms with Gasteiger partial charge in [0.1, 0.15) is 11.5 Å². The van der Waals surface area contributed by atoms with Gasteiger partial charge in [-0.2, -0.15) is 0 Å². The fourth-order valence-electron chi connectivity index (χ4n) is 2.92. The van der Waals surface area contributed by atoms with E-state index in [4.69, 9.17) is 21.4 Å². The molecule has 0 fully saturated rings. The summed E-state index contributed by atoms with van der Waals surface area (Å²) in [6, 6.07) is 19.8. The second-order valence-corrected chi connectivity index (χ2v) is 7.72. The average Bonchev–Trinajstić information content (AvgIpc) is 3.05. The van der Waals surface area contributed by atoms with Crippen molar-refractivity contribution in [2.75, 3.05) is 0 Å². The zero-order chi connectivity index (χ0) is 20.4. The number of aliphatic carboxylic acids is 1. The summed E-state index contributed by atoms with van der Waals surface area (Å²) in [5.41, 5.74) is 1.61. The molecule has 29 heavy (non-hydrogen) atoms. The van der Waals surface area contributed by atoms with E-state index in [-0.39, 0.29) is 5.75 Å². The van der Waals surface area contributed by atoms with Gasteiger partial charge in [-0.15, -0.1) is 11.3 Å². The Hall–Kier alpha value is -3.28. The van der Waals surface area contributed by atoms with Crippen LogP contribution in [0, 0.1) is 0 Å². The van der Waals surface area contributed by atoms with E-state index < -0.39 is 5.97 Å². The van der Waals surface area contributed by atoms with Crippen molar-refractivity contribution in [3.63, 3.8) is 0 Å². The van der Waals surface area contributed by atoms with Crippen LogP contribution in [0.25, 0.3) is 26.6 Å². The molecule has 1 heterocycles. The van der Waals surface area contributed by atoms with Crippen molar-refractivity contribution in [1.29, 1.82) is 0 Å². The van der Waals surface area contributed by atoms with Crippen molar-refractivity contribution in [2.24, 2.45) is 0 Å². The highest BCUT2D eigenvalue weighted by Crippen LogP contribution is 2.48. The number of thiophene rings is 1. The van der Waals surface area contributed by atoms with E-state index in [2.05, 4.69) is 0 Å². The van der Waals surface area contributed by atoms with Crippen LogP contribution in [-0.4, -0.2) is 16.2 Å². The van der Waals surface area contributed by atoms with Gasteiger partial charge in [0.25, 0.3) is 0 Å². The van der Waals surface area contributed by atoms with Gasteiger partial charge in [-0.1, -0.05) is 41.9 Å². The molecule has 0 bridgehead atoms. The molecule has 6 heteroatoms. The van der Waals surface area contributed by atoms with Crippen LogP contribution in [0.5, 0.6) is 17.2 Å². The molecule has 3 aromatic carbocycles. The number of phenolic OH excluding ortho intramolecular Hbond substituents is 1. The van der Waals surface area contributed by atoms with Gasteiger partial charge in [0, 0.05) is 26.7 Å². The van der Waals surface area contributed by atoms with E-state index >= 15 is 0 Å². The quantitative estimate of drug-likeness (QED) is 0.346. The van der Waals surface area contributed by atoms with Crippen LogP contribution in [-0.2, 0) is 4.79 Å². The molecule has 144 valence electrons. The highest BCUT2D eigenvalue weighted by molar-refractivity contribution is 7.22. The number of carbonyl (C=O) groups is 1. The Bertz CT molecular complexity index is 1230. The lowest BCUT2D eigenvalue weighted by atomic mass is 10.1. The molecule has 0 aliphatic carbocycles. The molecule has 1 aromatic heterocycles. The summed E-state index contributed by atoms with van der Waals surface area (Å²) < 4.78 is 7.11. The van der Waals surface area contributed by atoms with Crippen molar-refractivity contribution in [3.8, 4) is 27.7 Å². The lowest BCUT2D eigenvalue weighted by molar-refractivity contribution is -0.131. The lowest BCUT2D eigenvalue weighted by Gasteiger charge is -2.09. The Morgan fingerprint density at radius 3 is 2.52 bits per heavy atom. The van der Waals surface area contributed by atoms with Crippen LogP contribution >= 0.6 is 22.9 Å². The van der Waals surface area contributed by atoms with Gasteiger partial charge in [-0.25, -0.2) is 4.79 Å². The maximum atomic E-state index is 10.7. The Morgan fingerprint density at radius 2 is 1.79 bits per heavy atom. The summed E-state index contributed by atoms with van der Waals surface area (Å²) in [4.78, 5) is 11.5. The number of carboxylic acid groups (broad SMARTS) is 1. The van der Waals surface area contributed by atoms with Crippen molar-refractivity contribution in [3.05, 3.63) is 83.4 Å². The van der Waals surface area contributed by atoms with Gasteiger partial charge >= 0.3 is 5.97 Å².